The summed E-state index contributed by atoms with van der Waals surface area (Å²) in [6.07, 6.45) is -0.107. The van der Waals surface area contributed by atoms with Gasteiger partial charge in [-0.15, -0.1) is 0 Å². The Morgan fingerprint density at radius 2 is 1.65 bits per heavy atom. The van der Waals surface area contributed by atoms with Gasteiger partial charge in [0, 0.05) is 18.4 Å². The summed E-state index contributed by atoms with van der Waals surface area (Å²) in [5.74, 6) is 1.33. The maximum atomic E-state index is 11.2. The number of rotatable bonds is 4. The Balaban J connectivity index is 1.98. The largest absolute Gasteiger partial charge is 0.506 e. The van der Waals surface area contributed by atoms with Crippen molar-refractivity contribution in [3.63, 3.8) is 0 Å². The van der Waals surface area contributed by atoms with Gasteiger partial charge in [-0.2, -0.15) is 0 Å². The monoisotopic (exact) mass is 313 g/mol. The SMILES string of the molecule is O=C(O)OC1(c2ccccc2Oc2ccccc2)CCNCC1. The second-order valence-electron chi connectivity index (χ2n) is 5.52. The Morgan fingerprint density at radius 3 is 2.35 bits per heavy atom. The number of carbonyl (C=O) groups is 1. The fourth-order valence-electron chi connectivity index (χ4n) is 2.97. The van der Waals surface area contributed by atoms with Gasteiger partial charge in [0.25, 0.3) is 0 Å². The molecule has 1 aliphatic heterocycles. The lowest BCUT2D eigenvalue weighted by Gasteiger charge is -2.37. The van der Waals surface area contributed by atoms with E-state index in [1.807, 2.05) is 54.6 Å². The standard InChI is InChI=1S/C18H19NO4/c20-17(21)23-18(10-12-19-13-11-18)15-8-4-5-9-16(15)22-14-6-2-1-3-7-14/h1-9,19H,10-13H2,(H,20,21). The Bertz CT molecular complexity index is 666. The highest BCUT2D eigenvalue weighted by Crippen LogP contribution is 2.41. The molecule has 2 aromatic carbocycles. The van der Waals surface area contributed by atoms with Gasteiger partial charge in [-0.05, 0) is 31.3 Å². The zero-order chi connectivity index (χ0) is 16.1. The predicted molar refractivity (Wildman–Crippen MR) is 85.8 cm³/mol. The first-order valence-electron chi connectivity index (χ1n) is 7.65. The maximum Gasteiger partial charge on any atom is 0.506 e. The third-order valence-corrected chi connectivity index (χ3v) is 4.04. The van der Waals surface area contributed by atoms with E-state index in [0.29, 0.717) is 37.4 Å². The highest BCUT2D eigenvalue weighted by Gasteiger charge is 2.40. The molecule has 1 fully saturated rings. The zero-order valence-corrected chi connectivity index (χ0v) is 12.7. The molecule has 0 saturated carbocycles. The molecule has 0 aliphatic carbocycles. The number of carboxylic acid groups (broad SMARTS) is 1. The lowest BCUT2D eigenvalue weighted by Crippen LogP contribution is -2.43. The van der Waals surface area contributed by atoms with Gasteiger partial charge in [0.2, 0.25) is 0 Å². The smallest absolute Gasteiger partial charge is 0.457 e. The first-order chi connectivity index (χ1) is 11.2. The van der Waals surface area contributed by atoms with Gasteiger partial charge in [0.05, 0.1) is 0 Å². The molecule has 2 N–H and O–H groups in total. The minimum atomic E-state index is -1.26. The molecule has 5 nitrogen and oxygen atoms in total. The summed E-state index contributed by atoms with van der Waals surface area (Å²) in [7, 11) is 0. The van der Waals surface area contributed by atoms with Gasteiger partial charge in [0.15, 0.2) is 0 Å². The topological polar surface area (TPSA) is 67.8 Å². The Morgan fingerprint density at radius 1 is 1.00 bits per heavy atom. The van der Waals surface area contributed by atoms with Crippen LogP contribution in [0.2, 0.25) is 0 Å². The highest BCUT2D eigenvalue weighted by atomic mass is 16.7. The number of hydrogen-bond donors (Lipinski definition) is 2. The minimum absolute atomic E-state index is 0.578. The van der Waals surface area contributed by atoms with E-state index in [-0.39, 0.29) is 0 Å². The fraction of sp³-hybridized carbons (Fsp3) is 0.278. The second-order valence-corrected chi connectivity index (χ2v) is 5.52. The van der Waals surface area contributed by atoms with E-state index in [4.69, 9.17) is 9.47 Å². The molecule has 0 amide bonds. The summed E-state index contributed by atoms with van der Waals surface area (Å²) in [6.45, 7) is 1.40. The first kappa shape index (κ1) is 15.4. The van der Waals surface area contributed by atoms with Crippen LogP contribution in [-0.2, 0) is 10.3 Å². The molecule has 120 valence electrons. The van der Waals surface area contributed by atoms with Crippen LogP contribution in [-0.4, -0.2) is 24.4 Å². The molecule has 0 aromatic heterocycles. The van der Waals surface area contributed by atoms with Crippen LogP contribution < -0.4 is 10.1 Å². The third-order valence-electron chi connectivity index (χ3n) is 4.04. The van der Waals surface area contributed by atoms with Crippen molar-refractivity contribution in [2.24, 2.45) is 0 Å². The van der Waals surface area contributed by atoms with Crippen LogP contribution in [0.15, 0.2) is 54.6 Å². The minimum Gasteiger partial charge on any atom is -0.457 e. The molecule has 0 bridgehead atoms. The van der Waals surface area contributed by atoms with Crippen molar-refractivity contribution in [2.75, 3.05) is 13.1 Å². The van der Waals surface area contributed by atoms with Crippen molar-refractivity contribution in [3.05, 3.63) is 60.2 Å². The first-order valence-corrected chi connectivity index (χ1v) is 7.65. The van der Waals surface area contributed by atoms with E-state index in [9.17, 15) is 9.90 Å². The van der Waals surface area contributed by atoms with Gasteiger partial charge in [-0.3, -0.25) is 0 Å². The van der Waals surface area contributed by atoms with Gasteiger partial charge in [-0.1, -0.05) is 36.4 Å². The van der Waals surface area contributed by atoms with Crippen molar-refractivity contribution >= 4 is 6.16 Å². The Hall–Kier alpha value is -2.53. The average molecular weight is 313 g/mol. The fourth-order valence-corrected chi connectivity index (χ4v) is 2.97. The summed E-state index contributed by atoms with van der Waals surface area (Å²) < 4.78 is 11.3. The van der Waals surface area contributed by atoms with E-state index >= 15 is 0 Å². The summed E-state index contributed by atoms with van der Waals surface area (Å²) >= 11 is 0. The Kier molecular flexibility index (Phi) is 4.48. The zero-order valence-electron chi connectivity index (χ0n) is 12.7. The van der Waals surface area contributed by atoms with Crippen LogP contribution in [0.1, 0.15) is 18.4 Å². The lowest BCUT2D eigenvalue weighted by molar-refractivity contribution is -0.0427. The molecular formula is C18H19NO4. The van der Waals surface area contributed by atoms with E-state index < -0.39 is 11.8 Å². The van der Waals surface area contributed by atoms with Crippen molar-refractivity contribution < 1.29 is 19.4 Å². The van der Waals surface area contributed by atoms with Crippen molar-refractivity contribution in [1.82, 2.24) is 5.32 Å². The number of ether oxygens (including phenoxy) is 2. The van der Waals surface area contributed by atoms with Crippen molar-refractivity contribution in [1.29, 1.82) is 0 Å². The summed E-state index contributed by atoms with van der Waals surface area (Å²) in [6, 6.07) is 16.9. The molecule has 1 aliphatic rings. The third kappa shape index (κ3) is 3.46. The summed E-state index contributed by atoms with van der Waals surface area (Å²) in [4.78, 5) is 11.2. The van der Waals surface area contributed by atoms with Crippen LogP contribution >= 0.6 is 0 Å². The molecule has 0 atom stereocenters. The van der Waals surface area contributed by atoms with Crippen LogP contribution in [0.25, 0.3) is 0 Å². The second kappa shape index (κ2) is 6.71. The quantitative estimate of drug-likeness (QED) is 0.841. The Labute approximate surface area is 134 Å². The van der Waals surface area contributed by atoms with E-state index in [1.54, 1.807) is 0 Å². The van der Waals surface area contributed by atoms with E-state index in [1.165, 1.54) is 0 Å². The van der Waals surface area contributed by atoms with Gasteiger partial charge < -0.3 is 19.9 Å². The van der Waals surface area contributed by atoms with Crippen LogP contribution in [0.4, 0.5) is 4.79 Å². The number of para-hydroxylation sites is 2. The number of piperidine rings is 1. The van der Waals surface area contributed by atoms with E-state index in [2.05, 4.69) is 5.32 Å². The maximum absolute atomic E-state index is 11.2. The molecule has 0 unspecified atom stereocenters. The van der Waals surface area contributed by atoms with Gasteiger partial charge in [0.1, 0.15) is 17.1 Å². The normalized spacial score (nSPS) is 16.5. The lowest BCUT2D eigenvalue weighted by atomic mass is 9.84. The molecular weight excluding hydrogens is 294 g/mol. The average Bonchev–Trinajstić information content (AvgIpc) is 2.56. The number of nitrogens with one attached hydrogen (secondary N) is 1. The van der Waals surface area contributed by atoms with Gasteiger partial charge in [-0.25, -0.2) is 4.79 Å². The molecule has 1 heterocycles. The van der Waals surface area contributed by atoms with E-state index in [0.717, 1.165) is 5.56 Å². The van der Waals surface area contributed by atoms with Crippen LogP contribution in [0.5, 0.6) is 11.5 Å². The van der Waals surface area contributed by atoms with Crippen LogP contribution in [0.3, 0.4) is 0 Å². The number of benzene rings is 2. The van der Waals surface area contributed by atoms with Crippen molar-refractivity contribution in [3.8, 4) is 11.5 Å². The van der Waals surface area contributed by atoms with Crippen molar-refractivity contribution in [2.45, 2.75) is 18.4 Å². The number of hydrogen-bond acceptors (Lipinski definition) is 4. The van der Waals surface area contributed by atoms with Crippen LogP contribution in [0, 0.1) is 0 Å². The molecule has 0 spiro atoms. The molecule has 0 radical (unpaired) electrons. The molecule has 5 heteroatoms. The van der Waals surface area contributed by atoms with Gasteiger partial charge >= 0.3 is 6.16 Å². The molecule has 23 heavy (non-hydrogen) atoms. The summed E-state index contributed by atoms with van der Waals surface area (Å²) in [5.41, 5.74) is -0.101. The summed E-state index contributed by atoms with van der Waals surface area (Å²) in [5, 5.41) is 12.4. The molecule has 1 saturated heterocycles. The molecule has 3 rings (SSSR count). The molecule has 2 aromatic rings. The highest BCUT2D eigenvalue weighted by molar-refractivity contribution is 5.59. The predicted octanol–water partition coefficient (Wildman–Crippen LogP) is 3.75.